The molecular formula is C17H25N5O4. The van der Waals surface area contributed by atoms with E-state index in [2.05, 4.69) is 16.9 Å². The topological polar surface area (TPSA) is 102 Å². The molecule has 0 N–H and O–H groups in total. The van der Waals surface area contributed by atoms with Crippen LogP contribution in [0, 0.1) is 22.0 Å². The molecule has 2 saturated heterocycles. The van der Waals surface area contributed by atoms with E-state index in [-0.39, 0.29) is 22.5 Å². The third-order valence-electron chi connectivity index (χ3n) is 5.38. The first-order chi connectivity index (χ1) is 12.5. The van der Waals surface area contributed by atoms with Crippen LogP contribution in [0.4, 0.5) is 17.3 Å². The first-order valence-corrected chi connectivity index (χ1v) is 9.08. The molecule has 2 aliphatic rings. The van der Waals surface area contributed by atoms with Crippen molar-refractivity contribution in [2.24, 2.45) is 11.8 Å². The molecule has 0 saturated carbocycles. The molecule has 1 aromatic heterocycles. The predicted octanol–water partition coefficient (Wildman–Crippen LogP) is 2.01. The van der Waals surface area contributed by atoms with Gasteiger partial charge in [0.2, 0.25) is 11.6 Å². The summed E-state index contributed by atoms with van der Waals surface area (Å²) in [6.45, 7) is 4.80. The van der Waals surface area contributed by atoms with E-state index in [0.717, 1.165) is 25.9 Å². The van der Waals surface area contributed by atoms with Gasteiger partial charge in [-0.3, -0.25) is 14.9 Å². The minimum atomic E-state index is -0.380. The molecule has 0 atom stereocenters. The Hall–Kier alpha value is -2.45. The van der Waals surface area contributed by atoms with Crippen LogP contribution in [0.1, 0.15) is 32.6 Å². The van der Waals surface area contributed by atoms with Gasteiger partial charge < -0.3 is 14.5 Å². The quantitative estimate of drug-likeness (QED) is 0.455. The van der Waals surface area contributed by atoms with E-state index in [1.54, 1.807) is 0 Å². The van der Waals surface area contributed by atoms with E-state index < -0.39 is 0 Å². The summed E-state index contributed by atoms with van der Waals surface area (Å²) in [5.41, 5.74) is -0.0291. The van der Waals surface area contributed by atoms with E-state index in [1.165, 1.54) is 13.4 Å². The van der Waals surface area contributed by atoms with Gasteiger partial charge in [0.15, 0.2) is 0 Å². The molecule has 0 amide bonds. The highest BCUT2D eigenvalue weighted by molar-refractivity contribution is 5.74. The zero-order valence-corrected chi connectivity index (χ0v) is 15.3. The average molecular weight is 363 g/mol. The van der Waals surface area contributed by atoms with Gasteiger partial charge in [-0.25, -0.2) is 9.97 Å². The Balaban J connectivity index is 1.83. The number of nitrogens with zero attached hydrogens (tertiary/aromatic N) is 5. The van der Waals surface area contributed by atoms with Crippen LogP contribution < -0.4 is 9.80 Å². The Morgan fingerprint density at radius 2 is 1.62 bits per heavy atom. The Bertz CT molecular complexity index is 667. The number of piperidine rings is 2. The van der Waals surface area contributed by atoms with Crippen molar-refractivity contribution in [1.82, 2.24) is 9.97 Å². The number of methoxy groups -OCH3 is 1. The first kappa shape index (κ1) is 18.3. The minimum absolute atomic E-state index is 0.0291. The predicted molar refractivity (Wildman–Crippen MR) is 96.3 cm³/mol. The minimum Gasteiger partial charge on any atom is -0.469 e. The van der Waals surface area contributed by atoms with Crippen molar-refractivity contribution < 1.29 is 14.5 Å². The zero-order valence-electron chi connectivity index (χ0n) is 15.3. The summed E-state index contributed by atoms with van der Waals surface area (Å²) >= 11 is 0. The average Bonchev–Trinajstić information content (AvgIpc) is 2.67. The molecule has 3 rings (SSSR count). The summed E-state index contributed by atoms with van der Waals surface area (Å²) in [5.74, 6) is 1.01. The fourth-order valence-electron chi connectivity index (χ4n) is 3.70. The Kier molecular flexibility index (Phi) is 5.53. The van der Waals surface area contributed by atoms with E-state index in [9.17, 15) is 14.9 Å². The fourth-order valence-corrected chi connectivity index (χ4v) is 3.70. The molecule has 26 heavy (non-hydrogen) atoms. The molecule has 0 spiro atoms. The molecule has 1 aromatic rings. The maximum Gasteiger partial charge on any atom is 0.353 e. The molecular weight excluding hydrogens is 338 g/mol. The van der Waals surface area contributed by atoms with Gasteiger partial charge in [-0.15, -0.1) is 0 Å². The number of esters is 1. The van der Waals surface area contributed by atoms with Gasteiger partial charge >= 0.3 is 11.7 Å². The molecule has 9 heteroatoms. The van der Waals surface area contributed by atoms with E-state index in [1.807, 2.05) is 9.80 Å². The van der Waals surface area contributed by atoms with Gasteiger partial charge in [0.05, 0.1) is 18.0 Å². The molecule has 2 aliphatic heterocycles. The molecule has 0 bridgehead atoms. The van der Waals surface area contributed by atoms with Crippen LogP contribution in [0.3, 0.4) is 0 Å². The van der Waals surface area contributed by atoms with Crippen LogP contribution in [0.2, 0.25) is 0 Å². The lowest BCUT2D eigenvalue weighted by Gasteiger charge is -2.33. The standard InChI is InChI=1S/C17H25N5O4/c1-12-3-7-20(8-4-12)15-14(22(24)25)16(19-11-18-15)21-9-5-13(6-10-21)17(23)26-2/h11-13H,3-10H2,1-2H3. The summed E-state index contributed by atoms with van der Waals surface area (Å²) in [4.78, 5) is 35.4. The smallest absolute Gasteiger partial charge is 0.353 e. The lowest BCUT2D eigenvalue weighted by atomic mass is 9.97. The van der Waals surface area contributed by atoms with Crippen LogP contribution in [-0.4, -0.2) is 54.1 Å². The lowest BCUT2D eigenvalue weighted by molar-refractivity contribution is -0.383. The third kappa shape index (κ3) is 3.71. The van der Waals surface area contributed by atoms with Crippen LogP contribution in [0.15, 0.2) is 6.33 Å². The molecule has 0 aromatic carbocycles. The molecule has 2 fully saturated rings. The van der Waals surface area contributed by atoms with E-state index in [0.29, 0.717) is 43.5 Å². The Morgan fingerprint density at radius 3 is 2.08 bits per heavy atom. The zero-order chi connectivity index (χ0) is 18.7. The molecule has 0 radical (unpaired) electrons. The number of nitro groups is 1. The van der Waals surface area contributed by atoms with Crippen LogP contribution in [0.25, 0.3) is 0 Å². The third-order valence-corrected chi connectivity index (χ3v) is 5.38. The summed E-state index contributed by atoms with van der Waals surface area (Å²) in [5, 5.41) is 11.8. The van der Waals surface area contributed by atoms with E-state index >= 15 is 0 Å². The number of anilines is 2. The van der Waals surface area contributed by atoms with Gasteiger partial charge in [0.1, 0.15) is 6.33 Å². The second-order valence-electron chi connectivity index (χ2n) is 7.08. The second-order valence-corrected chi connectivity index (χ2v) is 7.08. The number of hydrogen-bond acceptors (Lipinski definition) is 8. The number of carbonyl (C=O) groups excluding carboxylic acids is 1. The normalized spacial score (nSPS) is 19.5. The maximum absolute atomic E-state index is 11.8. The number of ether oxygens (including phenoxy) is 1. The highest BCUT2D eigenvalue weighted by atomic mass is 16.6. The van der Waals surface area contributed by atoms with Crippen molar-refractivity contribution in [1.29, 1.82) is 0 Å². The largest absolute Gasteiger partial charge is 0.469 e. The highest BCUT2D eigenvalue weighted by Gasteiger charge is 2.34. The van der Waals surface area contributed by atoms with Gasteiger partial charge in [-0.2, -0.15) is 0 Å². The summed E-state index contributed by atoms with van der Waals surface area (Å²) in [7, 11) is 1.38. The highest BCUT2D eigenvalue weighted by Crippen LogP contribution is 2.37. The van der Waals surface area contributed by atoms with Crippen molar-refractivity contribution in [3.05, 3.63) is 16.4 Å². The molecule has 9 nitrogen and oxygen atoms in total. The number of rotatable bonds is 4. The number of aromatic nitrogens is 2. The van der Waals surface area contributed by atoms with Gasteiger partial charge in [0.25, 0.3) is 0 Å². The van der Waals surface area contributed by atoms with Crippen molar-refractivity contribution in [3.8, 4) is 0 Å². The monoisotopic (exact) mass is 363 g/mol. The van der Waals surface area contributed by atoms with Crippen molar-refractivity contribution in [2.45, 2.75) is 32.6 Å². The van der Waals surface area contributed by atoms with Crippen molar-refractivity contribution >= 4 is 23.3 Å². The molecule has 0 unspecified atom stereocenters. The van der Waals surface area contributed by atoms with Crippen molar-refractivity contribution in [3.63, 3.8) is 0 Å². The molecule has 3 heterocycles. The first-order valence-electron chi connectivity index (χ1n) is 9.08. The fraction of sp³-hybridized carbons (Fsp3) is 0.706. The Labute approximate surface area is 152 Å². The molecule has 142 valence electrons. The number of carbonyl (C=O) groups is 1. The molecule has 0 aliphatic carbocycles. The van der Waals surface area contributed by atoms with Crippen LogP contribution >= 0.6 is 0 Å². The second kappa shape index (κ2) is 7.84. The van der Waals surface area contributed by atoms with Gasteiger partial charge in [-0.05, 0) is 31.6 Å². The number of hydrogen-bond donors (Lipinski definition) is 0. The maximum atomic E-state index is 11.8. The summed E-state index contributed by atoms with van der Waals surface area (Å²) < 4.78 is 4.80. The SMILES string of the molecule is COC(=O)C1CCN(c2ncnc(N3CCC(C)CC3)c2[N+](=O)[O-])CC1. The Morgan fingerprint density at radius 1 is 1.12 bits per heavy atom. The lowest BCUT2D eigenvalue weighted by Crippen LogP contribution is -2.38. The van der Waals surface area contributed by atoms with Gasteiger partial charge in [-0.1, -0.05) is 6.92 Å². The van der Waals surface area contributed by atoms with E-state index in [4.69, 9.17) is 4.74 Å². The summed E-state index contributed by atoms with van der Waals surface area (Å²) in [6, 6.07) is 0. The van der Waals surface area contributed by atoms with Crippen molar-refractivity contribution in [2.75, 3.05) is 43.1 Å². The van der Waals surface area contributed by atoms with Crippen LogP contribution in [0.5, 0.6) is 0 Å². The van der Waals surface area contributed by atoms with Gasteiger partial charge in [0, 0.05) is 26.2 Å². The van der Waals surface area contributed by atoms with Crippen LogP contribution in [-0.2, 0) is 9.53 Å². The summed E-state index contributed by atoms with van der Waals surface area (Å²) in [6.07, 6.45) is 4.61.